The summed E-state index contributed by atoms with van der Waals surface area (Å²) in [6, 6.07) is 7.48. The minimum absolute atomic E-state index is 0.0854. The molecule has 0 aliphatic carbocycles. The summed E-state index contributed by atoms with van der Waals surface area (Å²) in [4.78, 5) is 26.8. The van der Waals surface area contributed by atoms with E-state index >= 15 is 0 Å². The minimum atomic E-state index is -0.492. The summed E-state index contributed by atoms with van der Waals surface area (Å²) in [5, 5.41) is 2.51. The first-order chi connectivity index (χ1) is 8.56. The van der Waals surface area contributed by atoms with Gasteiger partial charge in [-0.2, -0.15) is 4.99 Å². The Kier molecular flexibility index (Phi) is 3.66. The molecule has 0 fully saturated rings. The van der Waals surface area contributed by atoms with Crippen molar-refractivity contribution in [3.63, 3.8) is 0 Å². The molecule has 94 valence electrons. The van der Waals surface area contributed by atoms with Crippen molar-refractivity contribution in [2.24, 2.45) is 10.7 Å². The molecule has 18 heavy (non-hydrogen) atoms. The van der Waals surface area contributed by atoms with E-state index in [0.29, 0.717) is 0 Å². The molecule has 6 heteroatoms. The summed E-state index contributed by atoms with van der Waals surface area (Å²) in [6.07, 6.45) is 0.0854. The number of rotatable bonds is 3. The SMILES string of the molecule is Cc1ccccc1NC(=O)C[C@@H]1SC(N)=NC1=O. The molecule has 2 rings (SSSR count). The maximum atomic E-state index is 11.8. The van der Waals surface area contributed by atoms with E-state index in [9.17, 15) is 9.59 Å². The Labute approximate surface area is 109 Å². The Hall–Kier alpha value is -1.82. The highest BCUT2D eigenvalue weighted by Crippen LogP contribution is 2.23. The van der Waals surface area contributed by atoms with Crippen LogP contribution in [0.5, 0.6) is 0 Å². The van der Waals surface area contributed by atoms with Crippen molar-refractivity contribution in [2.75, 3.05) is 5.32 Å². The normalized spacial score (nSPS) is 18.6. The molecular formula is C12H13N3O2S. The average Bonchev–Trinajstić information content (AvgIpc) is 2.61. The maximum Gasteiger partial charge on any atom is 0.262 e. The fourth-order valence-electron chi connectivity index (χ4n) is 1.61. The zero-order valence-corrected chi connectivity index (χ0v) is 10.7. The largest absolute Gasteiger partial charge is 0.378 e. The van der Waals surface area contributed by atoms with Crippen molar-refractivity contribution in [1.29, 1.82) is 0 Å². The van der Waals surface area contributed by atoms with E-state index in [2.05, 4.69) is 10.3 Å². The van der Waals surface area contributed by atoms with Gasteiger partial charge in [0.15, 0.2) is 5.17 Å². The molecule has 0 saturated carbocycles. The Morgan fingerprint density at radius 1 is 1.50 bits per heavy atom. The van der Waals surface area contributed by atoms with Crippen LogP contribution in [0.25, 0.3) is 0 Å². The third-order valence-corrected chi connectivity index (χ3v) is 3.53. The monoisotopic (exact) mass is 263 g/mol. The molecule has 1 heterocycles. The highest BCUT2D eigenvalue weighted by atomic mass is 32.2. The first-order valence-electron chi connectivity index (χ1n) is 5.46. The molecule has 0 saturated heterocycles. The van der Waals surface area contributed by atoms with Crippen molar-refractivity contribution >= 4 is 34.4 Å². The van der Waals surface area contributed by atoms with Crippen molar-refractivity contribution in [3.05, 3.63) is 29.8 Å². The first kappa shape index (κ1) is 12.6. The van der Waals surface area contributed by atoms with Gasteiger partial charge in [0.2, 0.25) is 5.91 Å². The summed E-state index contributed by atoms with van der Waals surface area (Å²) < 4.78 is 0. The lowest BCUT2D eigenvalue weighted by molar-refractivity contribution is -0.121. The Morgan fingerprint density at radius 2 is 2.22 bits per heavy atom. The molecule has 3 N–H and O–H groups in total. The number of carbonyl (C=O) groups excluding carboxylic acids is 2. The molecule has 1 aromatic carbocycles. The predicted molar refractivity (Wildman–Crippen MR) is 72.4 cm³/mol. The van der Waals surface area contributed by atoms with E-state index in [-0.39, 0.29) is 23.4 Å². The quantitative estimate of drug-likeness (QED) is 0.860. The number of hydrogen-bond acceptors (Lipinski definition) is 4. The van der Waals surface area contributed by atoms with Crippen molar-refractivity contribution in [3.8, 4) is 0 Å². The number of aliphatic imine (C=N–C) groups is 1. The van der Waals surface area contributed by atoms with Crippen LogP contribution in [0.15, 0.2) is 29.3 Å². The number of amidine groups is 1. The number of para-hydroxylation sites is 1. The zero-order valence-electron chi connectivity index (χ0n) is 9.84. The Bertz CT molecular complexity index is 528. The van der Waals surface area contributed by atoms with Gasteiger partial charge >= 0.3 is 0 Å². The number of nitrogens with zero attached hydrogens (tertiary/aromatic N) is 1. The molecule has 5 nitrogen and oxygen atoms in total. The first-order valence-corrected chi connectivity index (χ1v) is 6.34. The molecule has 1 aliphatic rings. The van der Waals surface area contributed by atoms with Crippen LogP contribution in [0.1, 0.15) is 12.0 Å². The molecule has 1 atom stereocenters. The zero-order chi connectivity index (χ0) is 13.1. The van der Waals surface area contributed by atoms with E-state index in [1.54, 1.807) is 0 Å². The molecule has 0 unspecified atom stereocenters. The van der Waals surface area contributed by atoms with Crippen LogP contribution in [0.2, 0.25) is 0 Å². The van der Waals surface area contributed by atoms with Crippen LogP contribution in [0.4, 0.5) is 5.69 Å². The van der Waals surface area contributed by atoms with Gasteiger partial charge in [-0.15, -0.1) is 0 Å². The summed E-state index contributed by atoms with van der Waals surface area (Å²) in [5.74, 6) is -0.544. The number of nitrogens with two attached hydrogens (primary N) is 1. The fourth-order valence-corrected chi connectivity index (χ4v) is 2.44. The number of nitrogens with one attached hydrogen (secondary N) is 1. The predicted octanol–water partition coefficient (Wildman–Crippen LogP) is 1.28. The van der Waals surface area contributed by atoms with Gasteiger partial charge < -0.3 is 11.1 Å². The smallest absolute Gasteiger partial charge is 0.262 e. The second-order valence-corrected chi connectivity index (χ2v) is 5.19. The lowest BCUT2D eigenvalue weighted by atomic mass is 10.2. The summed E-state index contributed by atoms with van der Waals surface area (Å²) in [7, 11) is 0. The van der Waals surface area contributed by atoms with Crippen LogP contribution < -0.4 is 11.1 Å². The fraction of sp³-hybridized carbons (Fsp3) is 0.250. The summed E-state index contributed by atoms with van der Waals surface area (Å²) in [6.45, 7) is 1.91. The molecular weight excluding hydrogens is 250 g/mol. The minimum Gasteiger partial charge on any atom is -0.378 e. The Morgan fingerprint density at radius 3 is 2.83 bits per heavy atom. The van der Waals surface area contributed by atoms with Gasteiger partial charge in [-0.1, -0.05) is 30.0 Å². The van der Waals surface area contributed by atoms with Gasteiger partial charge in [0, 0.05) is 12.1 Å². The highest BCUT2D eigenvalue weighted by molar-refractivity contribution is 8.15. The molecule has 0 bridgehead atoms. The van der Waals surface area contributed by atoms with E-state index in [4.69, 9.17) is 5.73 Å². The van der Waals surface area contributed by atoms with Crippen LogP contribution in [-0.4, -0.2) is 22.2 Å². The van der Waals surface area contributed by atoms with Crippen LogP contribution >= 0.6 is 11.8 Å². The molecule has 0 spiro atoms. The number of amides is 2. The van der Waals surface area contributed by atoms with Crippen molar-refractivity contribution in [2.45, 2.75) is 18.6 Å². The number of anilines is 1. The second kappa shape index (κ2) is 5.22. The number of thioether (sulfide) groups is 1. The van der Waals surface area contributed by atoms with Gasteiger partial charge in [-0.3, -0.25) is 9.59 Å². The second-order valence-electron chi connectivity index (χ2n) is 3.96. The lowest BCUT2D eigenvalue weighted by Gasteiger charge is -2.09. The summed E-state index contributed by atoms with van der Waals surface area (Å²) in [5.41, 5.74) is 7.16. The molecule has 1 aromatic rings. The highest BCUT2D eigenvalue weighted by Gasteiger charge is 2.29. The number of benzene rings is 1. The number of hydrogen-bond donors (Lipinski definition) is 2. The van der Waals surface area contributed by atoms with E-state index in [1.165, 1.54) is 0 Å². The third-order valence-electron chi connectivity index (χ3n) is 2.55. The van der Waals surface area contributed by atoms with Crippen molar-refractivity contribution in [1.82, 2.24) is 0 Å². The molecule has 0 radical (unpaired) electrons. The van der Waals surface area contributed by atoms with E-state index in [1.807, 2.05) is 31.2 Å². The topological polar surface area (TPSA) is 84.6 Å². The molecule has 1 aliphatic heterocycles. The maximum absolute atomic E-state index is 11.8. The van der Waals surface area contributed by atoms with Gasteiger partial charge in [0.25, 0.3) is 5.91 Å². The number of carbonyl (C=O) groups is 2. The summed E-state index contributed by atoms with van der Waals surface area (Å²) >= 11 is 1.13. The molecule has 2 amide bonds. The van der Waals surface area contributed by atoms with Gasteiger partial charge in [-0.05, 0) is 18.6 Å². The van der Waals surface area contributed by atoms with Gasteiger partial charge in [0.05, 0.1) is 0 Å². The standard InChI is InChI=1S/C12H13N3O2S/c1-7-4-2-3-5-8(7)14-10(16)6-9-11(17)15-12(13)18-9/h2-5,9H,6H2,1H3,(H,14,16)(H2,13,15,17)/t9-/m0/s1. The van der Waals surface area contributed by atoms with Gasteiger partial charge in [0.1, 0.15) is 5.25 Å². The molecule has 0 aromatic heterocycles. The van der Waals surface area contributed by atoms with Crippen molar-refractivity contribution < 1.29 is 9.59 Å². The lowest BCUT2D eigenvalue weighted by Crippen LogP contribution is -2.21. The average molecular weight is 263 g/mol. The third kappa shape index (κ3) is 2.89. The van der Waals surface area contributed by atoms with E-state index in [0.717, 1.165) is 23.0 Å². The van der Waals surface area contributed by atoms with Crippen LogP contribution in [0.3, 0.4) is 0 Å². The van der Waals surface area contributed by atoms with E-state index < -0.39 is 5.25 Å². The Balaban J connectivity index is 1.94. The van der Waals surface area contributed by atoms with Crippen LogP contribution in [-0.2, 0) is 9.59 Å². The van der Waals surface area contributed by atoms with Gasteiger partial charge in [-0.25, -0.2) is 0 Å². The number of aryl methyl sites for hydroxylation is 1. The van der Waals surface area contributed by atoms with Crippen LogP contribution in [0, 0.1) is 6.92 Å².